The summed E-state index contributed by atoms with van der Waals surface area (Å²) in [6, 6.07) is 4.61. The minimum absolute atomic E-state index is 1.14. The van der Waals surface area contributed by atoms with Crippen molar-refractivity contribution in [3.05, 3.63) is 30.1 Å². The number of rotatable bonds is 18. The second-order valence-corrected chi connectivity index (χ2v) is 8.14. The van der Waals surface area contributed by atoms with Crippen LogP contribution >= 0.6 is 0 Å². The predicted octanol–water partition coefficient (Wildman–Crippen LogP) is 7.80. The van der Waals surface area contributed by atoms with E-state index in [1.165, 1.54) is 115 Å². The van der Waals surface area contributed by atoms with Gasteiger partial charge in [0.2, 0.25) is 0 Å². The number of hydrogen-bond acceptors (Lipinski definition) is 0. The van der Waals surface area contributed by atoms with E-state index < -0.39 is 0 Å². The lowest BCUT2D eigenvalue weighted by Crippen LogP contribution is -2.32. The molecule has 0 atom stereocenters. The van der Waals surface area contributed by atoms with Crippen molar-refractivity contribution in [2.24, 2.45) is 0 Å². The summed E-state index contributed by atoms with van der Waals surface area (Å²) in [5.74, 6) is 0. The van der Waals surface area contributed by atoms with Crippen LogP contribution in [0.3, 0.4) is 0 Å². The molecule has 1 heteroatoms. The van der Waals surface area contributed by atoms with E-state index >= 15 is 0 Å². The number of aryl methyl sites for hydroxylation is 2. The van der Waals surface area contributed by atoms with Crippen molar-refractivity contribution in [1.29, 1.82) is 0 Å². The van der Waals surface area contributed by atoms with Crippen molar-refractivity contribution in [3.8, 4) is 0 Å². The minimum Gasteiger partial charge on any atom is -0.205 e. The topological polar surface area (TPSA) is 3.88 Å². The first-order valence-electron chi connectivity index (χ1n) is 11.8. The second kappa shape index (κ2) is 17.6. The highest BCUT2D eigenvalue weighted by molar-refractivity contribution is 5.07. The zero-order valence-corrected chi connectivity index (χ0v) is 18.0. The minimum atomic E-state index is 1.14. The van der Waals surface area contributed by atoms with E-state index in [2.05, 4.69) is 42.9 Å². The largest absolute Gasteiger partial charge is 0.205 e. The van der Waals surface area contributed by atoms with Gasteiger partial charge in [-0.05, 0) is 18.4 Å². The number of aromatic nitrogens is 1. The molecule has 0 saturated heterocycles. The molecule has 0 N–H and O–H groups in total. The maximum atomic E-state index is 2.31. The van der Waals surface area contributed by atoms with E-state index in [-0.39, 0.29) is 0 Å². The fraction of sp³-hybridized carbons (Fsp3) is 0.800. The molecule has 1 nitrogen and oxygen atoms in total. The van der Waals surface area contributed by atoms with E-state index in [4.69, 9.17) is 0 Å². The molecule has 0 bridgehead atoms. The van der Waals surface area contributed by atoms with Crippen molar-refractivity contribution >= 4 is 0 Å². The molecule has 0 fully saturated rings. The highest BCUT2D eigenvalue weighted by Crippen LogP contribution is 2.14. The molecular formula is C25H46N+. The number of unbranched alkanes of at least 4 members (excludes halogenated alkanes) is 14. The molecule has 0 aromatic carbocycles. The van der Waals surface area contributed by atoms with E-state index in [0.29, 0.717) is 0 Å². The van der Waals surface area contributed by atoms with Gasteiger partial charge in [0.05, 0.1) is 0 Å². The zero-order chi connectivity index (χ0) is 18.7. The fourth-order valence-corrected chi connectivity index (χ4v) is 3.76. The summed E-state index contributed by atoms with van der Waals surface area (Å²) in [6.07, 6.45) is 28.6. The van der Waals surface area contributed by atoms with Gasteiger partial charge >= 0.3 is 0 Å². The van der Waals surface area contributed by atoms with Gasteiger partial charge in [0.1, 0.15) is 6.54 Å². The third-order valence-electron chi connectivity index (χ3n) is 5.51. The normalized spacial score (nSPS) is 11.2. The van der Waals surface area contributed by atoms with Gasteiger partial charge < -0.3 is 0 Å². The first-order chi connectivity index (χ1) is 12.9. The van der Waals surface area contributed by atoms with E-state index in [1.54, 1.807) is 0 Å². The molecule has 0 amide bonds. The first kappa shape index (κ1) is 23.2. The lowest BCUT2D eigenvalue weighted by molar-refractivity contribution is -0.697. The number of pyridine rings is 1. The van der Waals surface area contributed by atoms with Crippen LogP contribution in [-0.2, 0) is 13.0 Å². The standard InChI is InChI=1S/C25H46N/c1-3-5-6-7-8-9-10-11-12-13-14-15-16-17-18-19-25-20-23-26(22-4-2)24-21-25/h20-21,23-24H,3-19,22H2,1-2H3/q+1. The Labute approximate surface area is 164 Å². The van der Waals surface area contributed by atoms with Crippen LogP contribution in [0.1, 0.15) is 122 Å². The van der Waals surface area contributed by atoms with Gasteiger partial charge in [0, 0.05) is 18.6 Å². The van der Waals surface area contributed by atoms with E-state index in [1.807, 2.05) is 0 Å². The van der Waals surface area contributed by atoms with Gasteiger partial charge in [-0.2, -0.15) is 0 Å². The van der Waals surface area contributed by atoms with Crippen LogP contribution in [-0.4, -0.2) is 0 Å². The Morgan fingerprint density at radius 2 is 0.962 bits per heavy atom. The summed E-state index contributed by atoms with van der Waals surface area (Å²) < 4.78 is 2.29. The number of nitrogens with zero attached hydrogens (tertiary/aromatic N) is 1. The Hall–Kier alpha value is -0.850. The van der Waals surface area contributed by atoms with Crippen LogP contribution in [0.2, 0.25) is 0 Å². The van der Waals surface area contributed by atoms with Crippen LogP contribution in [0.15, 0.2) is 24.5 Å². The molecule has 0 unspecified atom stereocenters. The average molecular weight is 361 g/mol. The Morgan fingerprint density at radius 3 is 1.38 bits per heavy atom. The molecule has 1 rings (SSSR count). The molecule has 150 valence electrons. The molecule has 1 aromatic heterocycles. The maximum Gasteiger partial charge on any atom is 0.169 e. The molecule has 0 aliphatic heterocycles. The highest BCUT2D eigenvalue weighted by Gasteiger charge is 2.00. The third-order valence-corrected chi connectivity index (χ3v) is 5.51. The van der Waals surface area contributed by atoms with Crippen molar-refractivity contribution in [1.82, 2.24) is 0 Å². The van der Waals surface area contributed by atoms with Crippen LogP contribution in [0, 0.1) is 0 Å². The van der Waals surface area contributed by atoms with E-state index in [0.717, 1.165) is 6.54 Å². The summed E-state index contributed by atoms with van der Waals surface area (Å²) in [7, 11) is 0. The summed E-state index contributed by atoms with van der Waals surface area (Å²) in [6.45, 7) is 5.67. The zero-order valence-electron chi connectivity index (χ0n) is 18.0. The highest BCUT2D eigenvalue weighted by atomic mass is 14.9. The molecule has 0 radical (unpaired) electrons. The predicted molar refractivity (Wildman–Crippen MR) is 116 cm³/mol. The SMILES string of the molecule is CCCCCCCCCCCCCCCCCc1cc[n+](CCC)cc1. The Balaban J connectivity index is 1.80. The van der Waals surface area contributed by atoms with Gasteiger partial charge in [0.25, 0.3) is 0 Å². The number of hydrogen-bond donors (Lipinski definition) is 0. The summed E-state index contributed by atoms with van der Waals surface area (Å²) in [5, 5.41) is 0. The molecule has 26 heavy (non-hydrogen) atoms. The molecule has 0 spiro atoms. The Morgan fingerprint density at radius 1 is 0.538 bits per heavy atom. The molecule has 0 aliphatic rings. The van der Waals surface area contributed by atoms with Gasteiger partial charge in [0.15, 0.2) is 12.4 Å². The van der Waals surface area contributed by atoms with Crippen molar-refractivity contribution in [2.75, 3.05) is 0 Å². The van der Waals surface area contributed by atoms with Crippen molar-refractivity contribution in [2.45, 2.75) is 130 Å². The van der Waals surface area contributed by atoms with Gasteiger partial charge in [-0.25, -0.2) is 4.57 Å². The molecule has 0 saturated carbocycles. The molecule has 1 heterocycles. The summed E-state index contributed by atoms with van der Waals surface area (Å²) in [5.41, 5.74) is 1.51. The average Bonchev–Trinajstić information content (AvgIpc) is 2.66. The first-order valence-corrected chi connectivity index (χ1v) is 11.8. The maximum absolute atomic E-state index is 2.31. The lowest BCUT2D eigenvalue weighted by Gasteiger charge is -2.04. The van der Waals surface area contributed by atoms with Crippen LogP contribution in [0.4, 0.5) is 0 Å². The van der Waals surface area contributed by atoms with Crippen LogP contribution in [0.5, 0.6) is 0 Å². The molecule has 0 aliphatic carbocycles. The Bertz CT molecular complexity index is 395. The quantitative estimate of drug-likeness (QED) is 0.186. The van der Waals surface area contributed by atoms with Gasteiger partial charge in [-0.15, -0.1) is 0 Å². The second-order valence-electron chi connectivity index (χ2n) is 8.14. The third kappa shape index (κ3) is 13.4. The van der Waals surface area contributed by atoms with Crippen LogP contribution in [0.25, 0.3) is 0 Å². The Kier molecular flexibility index (Phi) is 15.7. The smallest absolute Gasteiger partial charge is 0.169 e. The van der Waals surface area contributed by atoms with Gasteiger partial charge in [-0.3, -0.25) is 0 Å². The van der Waals surface area contributed by atoms with Crippen molar-refractivity contribution in [3.63, 3.8) is 0 Å². The lowest BCUT2D eigenvalue weighted by atomic mass is 10.0. The summed E-state index contributed by atoms with van der Waals surface area (Å²) in [4.78, 5) is 0. The van der Waals surface area contributed by atoms with E-state index in [9.17, 15) is 0 Å². The van der Waals surface area contributed by atoms with Crippen LogP contribution < -0.4 is 4.57 Å². The monoisotopic (exact) mass is 360 g/mol. The fourth-order valence-electron chi connectivity index (χ4n) is 3.76. The summed E-state index contributed by atoms with van der Waals surface area (Å²) >= 11 is 0. The molecular weight excluding hydrogens is 314 g/mol. The van der Waals surface area contributed by atoms with Gasteiger partial charge in [-0.1, -0.05) is 104 Å². The molecule has 1 aromatic rings. The van der Waals surface area contributed by atoms with Crippen molar-refractivity contribution < 1.29 is 4.57 Å².